The number of anilines is 1. The Labute approximate surface area is 121 Å². The first kappa shape index (κ1) is 15.0. The van der Waals surface area contributed by atoms with Gasteiger partial charge in [0.15, 0.2) is 5.82 Å². The van der Waals surface area contributed by atoms with Crippen molar-refractivity contribution < 1.29 is 0 Å². The molecule has 5 heteroatoms. The van der Waals surface area contributed by atoms with E-state index in [4.69, 9.17) is 0 Å². The fraction of sp³-hybridized carbons (Fsp3) is 0.733. The van der Waals surface area contributed by atoms with Gasteiger partial charge < -0.3 is 14.8 Å². The van der Waals surface area contributed by atoms with E-state index in [1.165, 1.54) is 6.42 Å². The van der Waals surface area contributed by atoms with Crippen LogP contribution in [0.2, 0.25) is 0 Å². The van der Waals surface area contributed by atoms with Gasteiger partial charge in [-0.05, 0) is 40.2 Å². The second-order valence-corrected chi connectivity index (χ2v) is 6.44. The number of likely N-dealkylation sites (N-methyl/N-ethyl adjacent to an activating group) is 1. The molecule has 0 aromatic carbocycles. The number of rotatable bonds is 3. The van der Waals surface area contributed by atoms with Crippen molar-refractivity contribution in [3.05, 3.63) is 22.7 Å². The van der Waals surface area contributed by atoms with Crippen molar-refractivity contribution in [2.24, 2.45) is 0 Å². The van der Waals surface area contributed by atoms with Crippen molar-refractivity contribution >= 4 is 5.82 Å². The summed E-state index contributed by atoms with van der Waals surface area (Å²) in [6, 6.07) is 0.457. The highest BCUT2D eigenvalue weighted by atomic mass is 16.1. The van der Waals surface area contributed by atoms with E-state index in [1.807, 2.05) is 20.8 Å². The number of hydrogen-bond acceptors (Lipinski definition) is 4. The van der Waals surface area contributed by atoms with Gasteiger partial charge >= 0.3 is 0 Å². The van der Waals surface area contributed by atoms with Gasteiger partial charge in [0, 0.05) is 37.1 Å². The van der Waals surface area contributed by atoms with E-state index in [9.17, 15) is 4.79 Å². The van der Waals surface area contributed by atoms with Crippen LogP contribution in [0.3, 0.4) is 0 Å². The van der Waals surface area contributed by atoms with E-state index in [-0.39, 0.29) is 11.1 Å². The Hall–Kier alpha value is -1.36. The molecule has 1 aromatic rings. The number of piperidine rings is 1. The molecule has 1 atom stereocenters. The highest BCUT2D eigenvalue weighted by Gasteiger charge is 2.24. The van der Waals surface area contributed by atoms with Gasteiger partial charge in [-0.1, -0.05) is 6.92 Å². The molecule has 1 aliphatic rings. The lowest BCUT2D eigenvalue weighted by Gasteiger charge is -2.34. The van der Waals surface area contributed by atoms with Crippen molar-refractivity contribution in [3.8, 4) is 0 Å². The van der Waals surface area contributed by atoms with Crippen LogP contribution in [0.1, 0.15) is 40.5 Å². The van der Waals surface area contributed by atoms with Gasteiger partial charge in [0.05, 0.1) is 0 Å². The zero-order chi connectivity index (χ0) is 14.8. The minimum Gasteiger partial charge on any atom is -0.350 e. The molecule has 1 saturated heterocycles. The van der Waals surface area contributed by atoms with Gasteiger partial charge in [0.25, 0.3) is 5.56 Å². The normalized spacial score (nSPS) is 20.2. The molecule has 2 rings (SSSR count). The van der Waals surface area contributed by atoms with Crippen LogP contribution in [-0.4, -0.2) is 35.2 Å². The summed E-state index contributed by atoms with van der Waals surface area (Å²) in [5.41, 5.74) is -0.205. The summed E-state index contributed by atoms with van der Waals surface area (Å²) >= 11 is 0. The van der Waals surface area contributed by atoms with E-state index in [0.29, 0.717) is 11.9 Å². The van der Waals surface area contributed by atoms with Crippen LogP contribution in [-0.2, 0) is 5.54 Å². The molecule has 1 fully saturated rings. The van der Waals surface area contributed by atoms with Gasteiger partial charge in [0.2, 0.25) is 0 Å². The maximum atomic E-state index is 12.6. The van der Waals surface area contributed by atoms with Crippen molar-refractivity contribution in [1.29, 1.82) is 0 Å². The van der Waals surface area contributed by atoms with Crippen LogP contribution in [0.4, 0.5) is 5.82 Å². The average molecular weight is 278 g/mol. The van der Waals surface area contributed by atoms with Crippen molar-refractivity contribution in [3.63, 3.8) is 0 Å². The van der Waals surface area contributed by atoms with E-state index in [0.717, 1.165) is 26.1 Å². The third-order valence-electron chi connectivity index (χ3n) is 3.76. The van der Waals surface area contributed by atoms with Gasteiger partial charge in [-0.15, -0.1) is 0 Å². The third-order valence-corrected chi connectivity index (χ3v) is 3.76. The Kier molecular flexibility index (Phi) is 4.48. The third kappa shape index (κ3) is 3.20. The molecule has 0 spiro atoms. The number of aromatic nitrogens is 2. The lowest BCUT2D eigenvalue weighted by atomic mass is 10.1. The SMILES string of the molecule is CCNC1CCCN(c2nccn(C(C)(C)C)c2=O)C1. The summed E-state index contributed by atoms with van der Waals surface area (Å²) in [6.07, 6.45) is 5.78. The maximum absolute atomic E-state index is 12.6. The minimum atomic E-state index is -0.217. The number of nitrogens with one attached hydrogen (secondary N) is 1. The van der Waals surface area contributed by atoms with Crippen LogP contribution in [0.5, 0.6) is 0 Å². The molecule has 5 nitrogen and oxygen atoms in total. The van der Waals surface area contributed by atoms with Crippen LogP contribution in [0.15, 0.2) is 17.2 Å². The highest BCUT2D eigenvalue weighted by molar-refractivity contribution is 5.37. The van der Waals surface area contributed by atoms with Crippen molar-refractivity contribution in [2.75, 3.05) is 24.5 Å². The molecular weight excluding hydrogens is 252 g/mol. The number of nitrogens with zero attached hydrogens (tertiary/aromatic N) is 3. The molecule has 2 heterocycles. The molecule has 1 aromatic heterocycles. The molecule has 0 aliphatic carbocycles. The van der Waals surface area contributed by atoms with Crippen LogP contribution < -0.4 is 15.8 Å². The van der Waals surface area contributed by atoms with E-state index < -0.39 is 0 Å². The van der Waals surface area contributed by atoms with Gasteiger partial charge in [-0.25, -0.2) is 4.98 Å². The van der Waals surface area contributed by atoms with Gasteiger partial charge in [-0.2, -0.15) is 0 Å². The molecule has 0 amide bonds. The molecule has 0 radical (unpaired) electrons. The van der Waals surface area contributed by atoms with Gasteiger partial charge in [-0.3, -0.25) is 4.79 Å². The Morgan fingerprint density at radius 3 is 2.85 bits per heavy atom. The molecule has 20 heavy (non-hydrogen) atoms. The minimum absolute atomic E-state index is 0.0112. The van der Waals surface area contributed by atoms with Crippen LogP contribution >= 0.6 is 0 Å². The monoisotopic (exact) mass is 278 g/mol. The summed E-state index contributed by atoms with van der Waals surface area (Å²) in [5.74, 6) is 0.588. The molecule has 0 bridgehead atoms. The molecule has 1 aliphatic heterocycles. The first-order chi connectivity index (χ1) is 9.43. The maximum Gasteiger partial charge on any atom is 0.293 e. The number of hydrogen-bond donors (Lipinski definition) is 1. The molecular formula is C15H26N4O. The summed E-state index contributed by atoms with van der Waals surface area (Å²) < 4.78 is 1.77. The Balaban J connectivity index is 2.27. The van der Waals surface area contributed by atoms with E-state index >= 15 is 0 Å². The molecule has 0 saturated carbocycles. The van der Waals surface area contributed by atoms with Crippen LogP contribution in [0, 0.1) is 0 Å². The Morgan fingerprint density at radius 2 is 2.20 bits per heavy atom. The lowest BCUT2D eigenvalue weighted by molar-refractivity contribution is 0.379. The summed E-state index contributed by atoms with van der Waals surface area (Å²) in [5, 5.41) is 3.47. The topological polar surface area (TPSA) is 50.2 Å². The standard InChI is InChI=1S/C15H26N4O/c1-5-16-12-7-6-9-18(11-12)13-14(20)19(10-8-17-13)15(2,3)4/h8,10,12,16H,5-7,9,11H2,1-4H3. The molecule has 1 unspecified atom stereocenters. The quantitative estimate of drug-likeness (QED) is 0.912. The second kappa shape index (κ2) is 5.95. The summed E-state index contributed by atoms with van der Waals surface area (Å²) in [4.78, 5) is 19.1. The first-order valence-corrected chi connectivity index (χ1v) is 7.50. The zero-order valence-corrected chi connectivity index (χ0v) is 13.0. The summed E-state index contributed by atoms with van der Waals surface area (Å²) in [7, 11) is 0. The first-order valence-electron chi connectivity index (χ1n) is 7.50. The predicted molar refractivity (Wildman–Crippen MR) is 82.4 cm³/mol. The zero-order valence-electron chi connectivity index (χ0n) is 13.0. The largest absolute Gasteiger partial charge is 0.350 e. The lowest BCUT2D eigenvalue weighted by Crippen LogP contribution is -2.48. The Bertz CT molecular complexity index is 501. The smallest absolute Gasteiger partial charge is 0.293 e. The van der Waals surface area contributed by atoms with Crippen LogP contribution in [0.25, 0.3) is 0 Å². The van der Waals surface area contributed by atoms with E-state index in [1.54, 1.807) is 17.0 Å². The van der Waals surface area contributed by atoms with Crippen molar-refractivity contribution in [2.45, 2.75) is 52.1 Å². The highest BCUT2D eigenvalue weighted by Crippen LogP contribution is 2.16. The van der Waals surface area contributed by atoms with E-state index in [2.05, 4.69) is 22.1 Å². The summed E-state index contributed by atoms with van der Waals surface area (Å²) in [6.45, 7) is 11.0. The fourth-order valence-corrected chi connectivity index (χ4v) is 2.77. The van der Waals surface area contributed by atoms with Crippen molar-refractivity contribution in [1.82, 2.24) is 14.9 Å². The fourth-order valence-electron chi connectivity index (χ4n) is 2.77. The molecule has 1 N–H and O–H groups in total. The Morgan fingerprint density at radius 1 is 1.45 bits per heavy atom. The molecule has 112 valence electrons. The predicted octanol–water partition coefficient (Wildman–Crippen LogP) is 1.58. The van der Waals surface area contributed by atoms with Gasteiger partial charge in [0.1, 0.15) is 0 Å². The second-order valence-electron chi connectivity index (χ2n) is 6.44. The average Bonchev–Trinajstić information content (AvgIpc) is 2.38.